The van der Waals surface area contributed by atoms with Crippen LogP contribution >= 0.6 is 0 Å². The van der Waals surface area contributed by atoms with Crippen LogP contribution in [0.4, 0.5) is 4.79 Å². The van der Waals surface area contributed by atoms with Gasteiger partial charge < -0.3 is 19.4 Å². The van der Waals surface area contributed by atoms with Crippen LogP contribution in [0.5, 0.6) is 0 Å². The van der Waals surface area contributed by atoms with E-state index in [-0.39, 0.29) is 36.4 Å². The third-order valence-electron chi connectivity index (χ3n) is 4.49. The molecule has 0 spiro atoms. The lowest BCUT2D eigenvalue weighted by atomic mass is 10.0. The predicted octanol–water partition coefficient (Wildman–Crippen LogP) is 0.841. The molecule has 2 aliphatic heterocycles. The summed E-state index contributed by atoms with van der Waals surface area (Å²) in [4.78, 5) is 39.2. The van der Waals surface area contributed by atoms with Crippen molar-refractivity contribution in [2.45, 2.75) is 31.8 Å². The van der Waals surface area contributed by atoms with Gasteiger partial charge in [-0.3, -0.25) is 14.5 Å². The number of carbonyl (C=O) groups excluding carboxylic acids is 3. The molecule has 8 nitrogen and oxygen atoms in total. The fourth-order valence-corrected chi connectivity index (χ4v) is 3.19. The van der Waals surface area contributed by atoms with E-state index in [2.05, 4.69) is 5.32 Å². The van der Waals surface area contributed by atoms with E-state index >= 15 is 0 Å². The van der Waals surface area contributed by atoms with Gasteiger partial charge in [0.1, 0.15) is 6.61 Å². The first-order valence-corrected chi connectivity index (χ1v) is 8.11. The monoisotopic (exact) mass is 335 g/mol. The molecule has 3 amide bonds. The van der Waals surface area contributed by atoms with Crippen LogP contribution in [0.2, 0.25) is 0 Å². The minimum absolute atomic E-state index is 0.0631. The second kappa shape index (κ2) is 6.94. The number of ether oxygens (including phenoxy) is 1. The molecule has 0 saturated carbocycles. The highest BCUT2D eigenvalue weighted by Crippen LogP contribution is 2.23. The van der Waals surface area contributed by atoms with Gasteiger partial charge in [0.05, 0.1) is 18.8 Å². The summed E-state index contributed by atoms with van der Waals surface area (Å²) in [5.74, 6) is -0.356. The number of hydrogen-bond acceptors (Lipinski definition) is 5. The molecular weight excluding hydrogens is 314 g/mol. The van der Waals surface area contributed by atoms with Crippen molar-refractivity contribution in [3.05, 3.63) is 24.2 Å². The van der Waals surface area contributed by atoms with Crippen molar-refractivity contribution in [3.63, 3.8) is 0 Å². The summed E-state index contributed by atoms with van der Waals surface area (Å²) < 4.78 is 10.0. The number of likely N-dealkylation sites (tertiary alicyclic amines) is 1. The van der Waals surface area contributed by atoms with Gasteiger partial charge >= 0.3 is 6.09 Å². The van der Waals surface area contributed by atoms with Gasteiger partial charge in [0.15, 0.2) is 5.76 Å². The zero-order chi connectivity index (χ0) is 17.1. The molecular formula is C16H21N3O5. The maximum Gasteiger partial charge on any atom is 0.410 e. The second-order valence-corrected chi connectivity index (χ2v) is 6.11. The molecule has 2 fully saturated rings. The Morgan fingerprint density at radius 2 is 2.08 bits per heavy atom. The molecule has 0 aliphatic carbocycles. The third-order valence-corrected chi connectivity index (χ3v) is 4.49. The maximum atomic E-state index is 12.2. The Balaban J connectivity index is 1.45. The van der Waals surface area contributed by atoms with Crippen molar-refractivity contribution in [2.24, 2.45) is 0 Å². The maximum absolute atomic E-state index is 12.2. The van der Waals surface area contributed by atoms with Crippen molar-refractivity contribution in [3.8, 4) is 0 Å². The number of nitrogens with zero attached hydrogens (tertiary/aromatic N) is 2. The molecule has 0 radical (unpaired) electrons. The second-order valence-electron chi connectivity index (χ2n) is 6.11. The molecule has 1 aromatic rings. The van der Waals surface area contributed by atoms with Gasteiger partial charge in [0.2, 0.25) is 5.91 Å². The molecule has 1 unspecified atom stereocenters. The Hall–Kier alpha value is -2.51. The van der Waals surface area contributed by atoms with Crippen LogP contribution in [-0.4, -0.2) is 66.0 Å². The number of rotatable bonds is 4. The van der Waals surface area contributed by atoms with Crippen LogP contribution in [-0.2, 0) is 9.53 Å². The fraction of sp³-hybridized carbons (Fsp3) is 0.562. The molecule has 8 heteroatoms. The molecule has 130 valence electrons. The highest BCUT2D eigenvalue weighted by Gasteiger charge is 2.37. The van der Waals surface area contributed by atoms with E-state index in [0.717, 1.165) is 12.8 Å². The minimum atomic E-state index is -0.406. The van der Waals surface area contributed by atoms with Crippen molar-refractivity contribution < 1.29 is 23.5 Å². The first kappa shape index (κ1) is 16.4. The van der Waals surface area contributed by atoms with Crippen LogP contribution < -0.4 is 5.32 Å². The Morgan fingerprint density at radius 1 is 1.33 bits per heavy atom. The summed E-state index contributed by atoms with van der Waals surface area (Å²) in [5, 5.41) is 2.55. The lowest BCUT2D eigenvalue weighted by molar-refractivity contribution is -0.131. The first-order chi connectivity index (χ1) is 11.6. The van der Waals surface area contributed by atoms with Gasteiger partial charge in [0, 0.05) is 19.1 Å². The SMILES string of the molecule is CC1COC(=O)N1C1CCN(C(=O)CNC(=O)c2ccco2)CC1. The van der Waals surface area contributed by atoms with Crippen LogP contribution in [0.1, 0.15) is 30.3 Å². The van der Waals surface area contributed by atoms with Crippen LogP contribution in [0.3, 0.4) is 0 Å². The topological polar surface area (TPSA) is 92.1 Å². The Morgan fingerprint density at radius 3 is 2.67 bits per heavy atom. The number of piperidine rings is 1. The van der Waals surface area contributed by atoms with Gasteiger partial charge in [-0.2, -0.15) is 0 Å². The molecule has 3 heterocycles. The van der Waals surface area contributed by atoms with Crippen molar-refractivity contribution in [2.75, 3.05) is 26.2 Å². The zero-order valence-corrected chi connectivity index (χ0v) is 13.6. The van der Waals surface area contributed by atoms with E-state index in [1.165, 1.54) is 6.26 Å². The van der Waals surface area contributed by atoms with Crippen LogP contribution in [0.25, 0.3) is 0 Å². The van der Waals surface area contributed by atoms with E-state index in [4.69, 9.17) is 9.15 Å². The number of carbonyl (C=O) groups is 3. The Bertz CT molecular complexity index is 607. The summed E-state index contributed by atoms with van der Waals surface area (Å²) in [7, 11) is 0. The lowest BCUT2D eigenvalue weighted by Crippen LogP contribution is -2.50. The summed E-state index contributed by atoms with van der Waals surface area (Å²) in [5.41, 5.74) is 0. The highest BCUT2D eigenvalue weighted by molar-refractivity contribution is 5.94. The third kappa shape index (κ3) is 3.37. The molecule has 3 rings (SSSR count). The number of cyclic esters (lactones) is 1. The molecule has 1 atom stereocenters. The van der Waals surface area contributed by atoms with Crippen molar-refractivity contribution >= 4 is 17.9 Å². The van der Waals surface area contributed by atoms with E-state index in [1.807, 2.05) is 6.92 Å². The first-order valence-electron chi connectivity index (χ1n) is 8.11. The van der Waals surface area contributed by atoms with E-state index in [9.17, 15) is 14.4 Å². The van der Waals surface area contributed by atoms with Gasteiger partial charge in [-0.25, -0.2) is 4.79 Å². The van der Waals surface area contributed by atoms with E-state index in [1.54, 1.807) is 21.9 Å². The molecule has 1 N–H and O–H groups in total. The quantitative estimate of drug-likeness (QED) is 0.880. The van der Waals surface area contributed by atoms with Gasteiger partial charge in [-0.05, 0) is 31.9 Å². The summed E-state index contributed by atoms with van der Waals surface area (Å²) >= 11 is 0. The predicted molar refractivity (Wildman–Crippen MR) is 83.3 cm³/mol. The minimum Gasteiger partial charge on any atom is -0.459 e. The molecule has 24 heavy (non-hydrogen) atoms. The number of hydrogen-bond donors (Lipinski definition) is 1. The molecule has 0 bridgehead atoms. The van der Waals surface area contributed by atoms with Crippen molar-refractivity contribution in [1.82, 2.24) is 15.1 Å². The van der Waals surface area contributed by atoms with Crippen molar-refractivity contribution in [1.29, 1.82) is 0 Å². The Labute approximate surface area is 139 Å². The average molecular weight is 335 g/mol. The smallest absolute Gasteiger partial charge is 0.410 e. The number of furan rings is 1. The molecule has 1 aromatic heterocycles. The highest BCUT2D eigenvalue weighted by atomic mass is 16.6. The standard InChI is InChI=1S/C16H21N3O5/c1-11-10-24-16(22)19(11)12-4-6-18(7-5-12)14(20)9-17-15(21)13-3-2-8-23-13/h2-3,8,11-12H,4-7,9-10H2,1H3,(H,17,21). The number of nitrogens with one attached hydrogen (secondary N) is 1. The zero-order valence-electron chi connectivity index (χ0n) is 13.6. The van der Waals surface area contributed by atoms with Crippen LogP contribution in [0.15, 0.2) is 22.8 Å². The lowest BCUT2D eigenvalue weighted by Gasteiger charge is -2.37. The summed E-state index contributed by atoms with van der Waals surface area (Å²) in [6.07, 6.45) is 2.58. The molecule has 2 aliphatic rings. The normalized spacial score (nSPS) is 21.7. The molecule has 0 aromatic carbocycles. The Kier molecular flexibility index (Phi) is 4.73. The van der Waals surface area contributed by atoms with E-state index in [0.29, 0.717) is 19.7 Å². The van der Waals surface area contributed by atoms with Gasteiger partial charge in [0.25, 0.3) is 5.91 Å². The van der Waals surface area contributed by atoms with Crippen LogP contribution in [0, 0.1) is 0 Å². The number of amides is 3. The average Bonchev–Trinajstić information content (AvgIpc) is 3.23. The van der Waals surface area contributed by atoms with E-state index < -0.39 is 5.91 Å². The largest absolute Gasteiger partial charge is 0.459 e. The molecule has 2 saturated heterocycles. The fourth-order valence-electron chi connectivity index (χ4n) is 3.19. The summed E-state index contributed by atoms with van der Waals surface area (Å²) in [6, 6.07) is 3.35. The summed E-state index contributed by atoms with van der Waals surface area (Å²) in [6.45, 7) is 3.46. The van der Waals surface area contributed by atoms with Gasteiger partial charge in [-0.1, -0.05) is 0 Å². The van der Waals surface area contributed by atoms with Gasteiger partial charge in [-0.15, -0.1) is 0 Å².